The van der Waals surface area contributed by atoms with E-state index < -0.39 is 16.8 Å². The first-order valence-corrected chi connectivity index (χ1v) is 9.71. The summed E-state index contributed by atoms with van der Waals surface area (Å²) in [5, 5.41) is 12.4. The first-order chi connectivity index (χ1) is 14.3. The average molecular weight is 407 g/mol. The molecule has 1 aliphatic heterocycles. The van der Waals surface area contributed by atoms with Gasteiger partial charge in [-0.15, -0.1) is 0 Å². The van der Waals surface area contributed by atoms with Crippen molar-refractivity contribution in [1.82, 2.24) is 9.55 Å². The molecular formula is C22H22FN5O2. The summed E-state index contributed by atoms with van der Waals surface area (Å²) < 4.78 is 22.9. The largest absolute Gasteiger partial charge is 0.487 e. The van der Waals surface area contributed by atoms with E-state index in [2.05, 4.69) is 10.3 Å². The molecule has 0 amide bonds. The van der Waals surface area contributed by atoms with E-state index in [4.69, 9.17) is 10.5 Å². The van der Waals surface area contributed by atoms with E-state index in [-0.39, 0.29) is 34.7 Å². The number of hydrogen-bond donors (Lipinski definition) is 2. The molecular weight excluding hydrogens is 385 g/mol. The van der Waals surface area contributed by atoms with Crippen LogP contribution in [0.3, 0.4) is 0 Å². The molecule has 3 N–H and O–H groups in total. The first kappa shape index (κ1) is 19.7. The van der Waals surface area contributed by atoms with E-state index in [1.54, 1.807) is 17.0 Å². The number of aromatic nitrogens is 2. The van der Waals surface area contributed by atoms with E-state index in [0.29, 0.717) is 12.1 Å². The Kier molecular flexibility index (Phi) is 4.82. The second-order valence-electron chi connectivity index (χ2n) is 8.00. The molecule has 0 saturated heterocycles. The number of ether oxygens (including phenoxy) is 1. The third-order valence-electron chi connectivity index (χ3n) is 5.38. The Bertz CT molecular complexity index is 1230. The molecule has 0 unspecified atom stereocenters. The van der Waals surface area contributed by atoms with E-state index >= 15 is 4.39 Å². The molecule has 7 nitrogen and oxygen atoms in total. The molecule has 0 spiro atoms. The van der Waals surface area contributed by atoms with Gasteiger partial charge in [-0.1, -0.05) is 6.07 Å². The standard InChI is InChI=1S/C22H22FN5O2/c1-22(2)12-30-21-18(27-8-4-6-13-5-3-7-26-10-13)16(23)17(25)15-19(21)28(22)11-14(9-24)20(15)29/h3,5,7,10-11,27H,4,6,8,12,25H2,1-2H3. The molecule has 0 atom stereocenters. The lowest BCUT2D eigenvalue weighted by Gasteiger charge is -2.36. The number of nitriles is 1. The Balaban J connectivity index is 1.77. The second kappa shape index (κ2) is 7.34. The smallest absolute Gasteiger partial charge is 0.209 e. The molecule has 0 radical (unpaired) electrons. The minimum atomic E-state index is -0.739. The fourth-order valence-electron chi connectivity index (χ4n) is 3.78. The van der Waals surface area contributed by atoms with Crippen molar-refractivity contribution in [3.8, 4) is 11.8 Å². The lowest BCUT2D eigenvalue weighted by molar-refractivity contribution is 0.171. The highest BCUT2D eigenvalue weighted by Crippen LogP contribution is 2.44. The number of hydrogen-bond acceptors (Lipinski definition) is 6. The average Bonchev–Trinajstić information content (AvgIpc) is 2.73. The van der Waals surface area contributed by atoms with Crippen LogP contribution in [0.5, 0.6) is 5.75 Å². The topological polar surface area (TPSA) is 106 Å². The molecule has 4 rings (SSSR count). The van der Waals surface area contributed by atoms with Crippen LogP contribution in [0.1, 0.15) is 31.4 Å². The molecule has 0 saturated carbocycles. The SMILES string of the molecule is CC1(C)COc2c(NCCCc3cccnc3)c(F)c(N)c3c(=O)c(C#N)cn1c23. The summed E-state index contributed by atoms with van der Waals surface area (Å²) in [5.41, 5.74) is 6.20. The molecule has 1 aromatic carbocycles. The normalized spacial score (nSPS) is 14.2. The minimum Gasteiger partial charge on any atom is -0.487 e. The lowest BCUT2D eigenvalue weighted by atomic mass is 9.99. The number of halogens is 1. The summed E-state index contributed by atoms with van der Waals surface area (Å²) in [6.07, 6.45) is 6.55. The fourth-order valence-corrected chi connectivity index (χ4v) is 3.78. The predicted octanol–water partition coefficient (Wildman–Crippen LogP) is 3.16. The summed E-state index contributed by atoms with van der Waals surface area (Å²) >= 11 is 0. The number of rotatable bonds is 5. The van der Waals surface area contributed by atoms with Gasteiger partial charge in [0.15, 0.2) is 11.6 Å². The molecule has 30 heavy (non-hydrogen) atoms. The van der Waals surface area contributed by atoms with Gasteiger partial charge < -0.3 is 20.4 Å². The van der Waals surface area contributed by atoms with E-state index in [1.165, 1.54) is 6.20 Å². The summed E-state index contributed by atoms with van der Waals surface area (Å²) in [5.74, 6) is -0.490. The zero-order valence-corrected chi connectivity index (χ0v) is 16.8. The molecule has 0 bridgehead atoms. The van der Waals surface area contributed by atoms with Gasteiger partial charge in [0.2, 0.25) is 5.43 Å². The molecule has 0 aliphatic carbocycles. The monoisotopic (exact) mass is 407 g/mol. The number of nitrogens with zero attached hydrogens (tertiary/aromatic N) is 3. The number of nitrogens with one attached hydrogen (secondary N) is 1. The quantitative estimate of drug-likeness (QED) is 0.497. The lowest BCUT2D eigenvalue weighted by Crippen LogP contribution is -2.38. The Morgan fingerprint density at radius 2 is 2.27 bits per heavy atom. The maximum Gasteiger partial charge on any atom is 0.209 e. The van der Waals surface area contributed by atoms with E-state index in [9.17, 15) is 10.1 Å². The van der Waals surface area contributed by atoms with Crippen LogP contribution in [-0.4, -0.2) is 22.7 Å². The minimum absolute atomic E-state index is 0.0183. The number of anilines is 2. The van der Waals surface area contributed by atoms with Crippen molar-refractivity contribution in [3.63, 3.8) is 0 Å². The van der Waals surface area contributed by atoms with Gasteiger partial charge in [0, 0.05) is 25.1 Å². The van der Waals surface area contributed by atoms with Gasteiger partial charge >= 0.3 is 0 Å². The van der Waals surface area contributed by atoms with Crippen molar-refractivity contribution >= 4 is 22.3 Å². The molecule has 8 heteroatoms. The van der Waals surface area contributed by atoms with Gasteiger partial charge in [0.25, 0.3) is 0 Å². The number of nitrogens with two attached hydrogens (primary N) is 1. The van der Waals surface area contributed by atoms with Crippen LogP contribution >= 0.6 is 0 Å². The zero-order chi connectivity index (χ0) is 21.5. The molecule has 3 aromatic rings. The number of nitrogen functional groups attached to an aromatic ring is 1. The van der Waals surface area contributed by atoms with Crippen LogP contribution in [0.2, 0.25) is 0 Å². The number of aryl methyl sites for hydroxylation is 1. The van der Waals surface area contributed by atoms with Crippen LogP contribution in [0.25, 0.3) is 10.9 Å². The Hall–Kier alpha value is -3.60. The summed E-state index contributed by atoms with van der Waals surface area (Å²) in [6.45, 7) is 4.58. The van der Waals surface area contributed by atoms with Crippen molar-refractivity contribution in [2.75, 3.05) is 24.2 Å². The fraction of sp³-hybridized carbons (Fsp3) is 0.318. The van der Waals surface area contributed by atoms with Gasteiger partial charge in [-0.25, -0.2) is 4.39 Å². The van der Waals surface area contributed by atoms with Crippen molar-refractivity contribution in [2.24, 2.45) is 0 Å². The van der Waals surface area contributed by atoms with Gasteiger partial charge in [0.05, 0.1) is 22.1 Å². The highest BCUT2D eigenvalue weighted by molar-refractivity contribution is 6.00. The molecule has 1 aliphatic rings. The van der Waals surface area contributed by atoms with Gasteiger partial charge in [-0.05, 0) is 38.3 Å². The van der Waals surface area contributed by atoms with Crippen molar-refractivity contribution in [1.29, 1.82) is 5.26 Å². The number of benzene rings is 1. The van der Waals surface area contributed by atoms with Gasteiger partial charge in [-0.2, -0.15) is 5.26 Å². The van der Waals surface area contributed by atoms with Crippen LogP contribution in [0, 0.1) is 17.1 Å². The van der Waals surface area contributed by atoms with Crippen molar-refractivity contribution in [3.05, 3.63) is 57.9 Å². The van der Waals surface area contributed by atoms with Gasteiger partial charge in [0.1, 0.15) is 23.9 Å². The Morgan fingerprint density at radius 1 is 1.47 bits per heavy atom. The third kappa shape index (κ3) is 3.12. The van der Waals surface area contributed by atoms with Crippen LogP contribution in [-0.2, 0) is 12.0 Å². The second-order valence-corrected chi connectivity index (χ2v) is 8.00. The molecule has 154 valence electrons. The van der Waals surface area contributed by atoms with E-state index in [1.807, 2.05) is 32.0 Å². The maximum atomic E-state index is 15.2. The first-order valence-electron chi connectivity index (χ1n) is 9.71. The Morgan fingerprint density at radius 3 is 2.97 bits per heavy atom. The maximum absolute atomic E-state index is 15.2. The highest BCUT2D eigenvalue weighted by Gasteiger charge is 2.34. The van der Waals surface area contributed by atoms with Crippen LogP contribution in [0.15, 0.2) is 35.5 Å². The molecule has 3 heterocycles. The van der Waals surface area contributed by atoms with Crippen molar-refractivity contribution in [2.45, 2.75) is 32.2 Å². The number of pyridine rings is 2. The van der Waals surface area contributed by atoms with Gasteiger partial charge in [-0.3, -0.25) is 9.78 Å². The highest BCUT2D eigenvalue weighted by atomic mass is 19.1. The Labute approximate surface area is 172 Å². The van der Waals surface area contributed by atoms with Crippen molar-refractivity contribution < 1.29 is 9.13 Å². The van der Waals surface area contributed by atoms with Crippen LogP contribution < -0.4 is 21.2 Å². The zero-order valence-electron chi connectivity index (χ0n) is 16.8. The third-order valence-corrected chi connectivity index (χ3v) is 5.38. The van der Waals surface area contributed by atoms with Crippen LogP contribution in [0.4, 0.5) is 15.8 Å². The molecule has 2 aromatic heterocycles. The predicted molar refractivity (Wildman–Crippen MR) is 113 cm³/mol. The summed E-state index contributed by atoms with van der Waals surface area (Å²) in [6, 6.07) is 5.75. The van der Waals surface area contributed by atoms with E-state index in [0.717, 1.165) is 18.4 Å². The summed E-state index contributed by atoms with van der Waals surface area (Å²) in [7, 11) is 0. The molecule has 0 fully saturated rings. The summed E-state index contributed by atoms with van der Waals surface area (Å²) in [4.78, 5) is 16.8.